The first-order valence-corrected chi connectivity index (χ1v) is 8.78. The van der Waals surface area contributed by atoms with E-state index in [1.807, 2.05) is 12.1 Å². The monoisotopic (exact) mass is 460 g/mol. The molecule has 1 atom stereocenters. The summed E-state index contributed by atoms with van der Waals surface area (Å²) in [6.45, 7) is 6.01. The number of halogens is 1. The Bertz CT molecular complexity index is 558. The maximum absolute atomic E-state index is 6.21. The molecule has 0 aromatic heterocycles. The highest BCUT2D eigenvalue weighted by molar-refractivity contribution is 14.0. The fourth-order valence-corrected chi connectivity index (χ4v) is 3.41. The number of methoxy groups -OCH3 is 1. The van der Waals surface area contributed by atoms with Crippen LogP contribution in [0, 0.1) is 0 Å². The van der Waals surface area contributed by atoms with Crippen LogP contribution in [0.5, 0.6) is 5.75 Å². The number of aliphatic imine (C=N–C) groups is 1. The van der Waals surface area contributed by atoms with Crippen molar-refractivity contribution in [3.63, 3.8) is 0 Å². The summed E-state index contributed by atoms with van der Waals surface area (Å²) in [5.41, 5.74) is 7.45. The molecule has 1 aromatic carbocycles. The minimum atomic E-state index is 0. The summed E-state index contributed by atoms with van der Waals surface area (Å²) in [5.74, 6) is 1.52. The fraction of sp³-hybridized carbons (Fsp3) is 0.611. The SMILES string of the molecule is COc1cccc(C(CN=C(N)N2CCOCC2)N2CCCC2)c1.I. The second-order valence-corrected chi connectivity index (χ2v) is 6.33. The molecule has 2 aliphatic rings. The van der Waals surface area contributed by atoms with Gasteiger partial charge in [-0.1, -0.05) is 12.1 Å². The Balaban J connectivity index is 0.00000225. The molecule has 6 nitrogen and oxygen atoms in total. The number of likely N-dealkylation sites (tertiary alicyclic amines) is 1. The van der Waals surface area contributed by atoms with Crippen LogP contribution < -0.4 is 10.5 Å². The maximum atomic E-state index is 6.21. The summed E-state index contributed by atoms with van der Waals surface area (Å²) in [4.78, 5) is 9.32. The largest absolute Gasteiger partial charge is 0.497 e. The van der Waals surface area contributed by atoms with Crippen LogP contribution in [0.15, 0.2) is 29.3 Å². The number of nitrogens with zero attached hydrogens (tertiary/aromatic N) is 3. The second-order valence-electron chi connectivity index (χ2n) is 6.33. The van der Waals surface area contributed by atoms with E-state index < -0.39 is 0 Å². The minimum Gasteiger partial charge on any atom is -0.497 e. The van der Waals surface area contributed by atoms with Crippen LogP contribution in [0.4, 0.5) is 0 Å². The molecule has 2 fully saturated rings. The summed E-state index contributed by atoms with van der Waals surface area (Å²) in [5, 5.41) is 0. The van der Waals surface area contributed by atoms with E-state index in [9.17, 15) is 0 Å². The van der Waals surface area contributed by atoms with E-state index in [4.69, 9.17) is 20.2 Å². The maximum Gasteiger partial charge on any atom is 0.191 e. The first-order valence-electron chi connectivity index (χ1n) is 8.78. The zero-order valence-electron chi connectivity index (χ0n) is 14.9. The molecular formula is C18H29IN4O2. The minimum absolute atomic E-state index is 0. The lowest BCUT2D eigenvalue weighted by molar-refractivity contribution is 0.0673. The Labute approximate surface area is 167 Å². The standard InChI is InChI=1S/C18H28N4O2.HI/c1-23-16-6-4-5-15(13-16)17(21-7-2-3-8-21)14-20-18(19)22-9-11-24-12-10-22;/h4-6,13,17H,2-3,7-12,14H2,1H3,(H2,19,20);1H. The first-order chi connectivity index (χ1) is 11.8. The topological polar surface area (TPSA) is 63.3 Å². The Morgan fingerprint density at radius 2 is 1.96 bits per heavy atom. The first kappa shape index (κ1) is 20.3. The lowest BCUT2D eigenvalue weighted by atomic mass is 10.1. The summed E-state index contributed by atoms with van der Waals surface area (Å²) in [6, 6.07) is 8.56. The van der Waals surface area contributed by atoms with Crippen molar-refractivity contribution in [3.8, 4) is 5.75 Å². The highest BCUT2D eigenvalue weighted by atomic mass is 127. The molecule has 0 radical (unpaired) electrons. The molecule has 0 spiro atoms. The van der Waals surface area contributed by atoms with E-state index in [0.29, 0.717) is 12.5 Å². The van der Waals surface area contributed by atoms with Gasteiger partial charge in [-0.2, -0.15) is 0 Å². The predicted molar refractivity (Wildman–Crippen MR) is 111 cm³/mol. The average molecular weight is 460 g/mol. The summed E-state index contributed by atoms with van der Waals surface area (Å²) in [6.07, 6.45) is 2.51. The van der Waals surface area contributed by atoms with Crippen molar-refractivity contribution in [1.29, 1.82) is 0 Å². The molecule has 1 unspecified atom stereocenters. The molecule has 0 amide bonds. The summed E-state index contributed by atoms with van der Waals surface area (Å²) in [7, 11) is 1.71. The molecule has 1 aromatic rings. The Hall–Kier alpha value is -1.06. The normalized spacial score (nSPS) is 20.2. The molecule has 7 heteroatoms. The van der Waals surface area contributed by atoms with E-state index in [0.717, 1.165) is 45.1 Å². The van der Waals surface area contributed by atoms with Gasteiger partial charge in [0.2, 0.25) is 0 Å². The zero-order valence-corrected chi connectivity index (χ0v) is 17.2. The fourth-order valence-electron chi connectivity index (χ4n) is 3.41. The molecular weight excluding hydrogens is 431 g/mol. The molecule has 3 rings (SSSR count). The Morgan fingerprint density at radius 1 is 1.24 bits per heavy atom. The van der Waals surface area contributed by atoms with Crippen molar-refractivity contribution in [2.75, 3.05) is 53.0 Å². The van der Waals surface area contributed by atoms with Crippen LogP contribution in [0.1, 0.15) is 24.4 Å². The van der Waals surface area contributed by atoms with Crippen molar-refractivity contribution in [1.82, 2.24) is 9.80 Å². The van der Waals surface area contributed by atoms with Crippen molar-refractivity contribution in [3.05, 3.63) is 29.8 Å². The van der Waals surface area contributed by atoms with Gasteiger partial charge in [-0.25, -0.2) is 0 Å². The average Bonchev–Trinajstić information content (AvgIpc) is 3.17. The number of morpholine rings is 1. The van der Waals surface area contributed by atoms with Gasteiger partial charge in [-0.3, -0.25) is 9.89 Å². The number of benzene rings is 1. The van der Waals surface area contributed by atoms with Crippen LogP contribution >= 0.6 is 24.0 Å². The molecule has 0 saturated carbocycles. The lowest BCUT2D eigenvalue weighted by Gasteiger charge is -2.30. The Morgan fingerprint density at radius 3 is 2.64 bits per heavy atom. The number of hydrogen-bond acceptors (Lipinski definition) is 4. The number of hydrogen-bond donors (Lipinski definition) is 1. The third-order valence-corrected chi connectivity index (χ3v) is 4.82. The third kappa shape index (κ3) is 5.46. The van der Waals surface area contributed by atoms with Gasteiger partial charge in [-0.05, 0) is 43.6 Å². The van der Waals surface area contributed by atoms with Gasteiger partial charge < -0.3 is 20.1 Å². The van der Waals surface area contributed by atoms with Gasteiger partial charge in [0.15, 0.2) is 5.96 Å². The van der Waals surface area contributed by atoms with Crippen LogP contribution in [0.2, 0.25) is 0 Å². The number of rotatable bonds is 5. The molecule has 2 aliphatic heterocycles. The van der Waals surface area contributed by atoms with Crippen LogP contribution in [-0.2, 0) is 4.74 Å². The van der Waals surface area contributed by atoms with Crippen LogP contribution in [0.25, 0.3) is 0 Å². The van der Waals surface area contributed by atoms with Crippen molar-refractivity contribution < 1.29 is 9.47 Å². The Kier molecular flexibility index (Phi) is 8.25. The number of ether oxygens (including phenoxy) is 2. The number of nitrogens with two attached hydrogens (primary N) is 1. The molecule has 25 heavy (non-hydrogen) atoms. The van der Waals surface area contributed by atoms with Gasteiger partial charge >= 0.3 is 0 Å². The summed E-state index contributed by atoms with van der Waals surface area (Å²) < 4.78 is 10.8. The lowest BCUT2D eigenvalue weighted by Crippen LogP contribution is -2.45. The smallest absolute Gasteiger partial charge is 0.191 e. The predicted octanol–water partition coefficient (Wildman–Crippen LogP) is 2.10. The summed E-state index contributed by atoms with van der Waals surface area (Å²) >= 11 is 0. The van der Waals surface area contributed by atoms with Gasteiger partial charge in [0, 0.05) is 13.1 Å². The van der Waals surface area contributed by atoms with E-state index in [1.54, 1.807) is 7.11 Å². The molecule has 2 heterocycles. The molecule has 2 saturated heterocycles. The highest BCUT2D eigenvalue weighted by Crippen LogP contribution is 2.28. The molecule has 0 bridgehead atoms. The van der Waals surface area contributed by atoms with Crippen molar-refractivity contribution in [2.45, 2.75) is 18.9 Å². The van der Waals surface area contributed by atoms with Gasteiger partial charge in [0.25, 0.3) is 0 Å². The molecule has 140 valence electrons. The number of guanidine groups is 1. The van der Waals surface area contributed by atoms with Gasteiger partial charge in [0.05, 0.1) is 32.9 Å². The van der Waals surface area contributed by atoms with Crippen LogP contribution in [-0.4, -0.2) is 68.8 Å². The highest BCUT2D eigenvalue weighted by Gasteiger charge is 2.24. The van der Waals surface area contributed by atoms with Crippen LogP contribution in [0.3, 0.4) is 0 Å². The zero-order chi connectivity index (χ0) is 16.8. The van der Waals surface area contributed by atoms with Crippen molar-refractivity contribution in [2.24, 2.45) is 10.7 Å². The van der Waals surface area contributed by atoms with Crippen molar-refractivity contribution >= 4 is 29.9 Å². The van der Waals surface area contributed by atoms with E-state index in [2.05, 4.69) is 21.9 Å². The third-order valence-electron chi connectivity index (χ3n) is 4.82. The van der Waals surface area contributed by atoms with Gasteiger partial charge in [-0.15, -0.1) is 24.0 Å². The van der Waals surface area contributed by atoms with Gasteiger partial charge in [0.1, 0.15) is 5.75 Å². The van der Waals surface area contributed by atoms with E-state index >= 15 is 0 Å². The molecule has 2 N–H and O–H groups in total. The van der Waals surface area contributed by atoms with E-state index in [-0.39, 0.29) is 30.0 Å². The molecule has 0 aliphatic carbocycles. The second kappa shape index (κ2) is 10.2. The van der Waals surface area contributed by atoms with E-state index in [1.165, 1.54) is 18.4 Å². The quantitative estimate of drug-likeness (QED) is 0.415.